The summed E-state index contributed by atoms with van der Waals surface area (Å²) in [6.07, 6.45) is 3.86. The minimum absolute atomic E-state index is 0.00879. The third kappa shape index (κ3) is 6.73. The highest BCUT2D eigenvalue weighted by Crippen LogP contribution is 2.14. The van der Waals surface area contributed by atoms with Crippen LogP contribution in [0.1, 0.15) is 44.6 Å². The standard InChI is InChI=1S/C19H25N3O5/c1-2-16(14-7-9-15(10-8-14)27-13-19(25)26)20-21-17(23)12-22-11-5-3-4-6-18(22)24/h7-10H,2-6,11-13H2,1H3,(H,21,23)(H,25,26)/p-1/b20-16-. The number of rotatable bonds is 8. The molecule has 0 unspecified atom stereocenters. The second kappa shape index (κ2) is 10.3. The van der Waals surface area contributed by atoms with Crippen LogP contribution in [0.3, 0.4) is 0 Å². The number of hydrazone groups is 1. The van der Waals surface area contributed by atoms with Crippen molar-refractivity contribution < 1.29 is 24.2 Å². The number of nitrogens with zero attached hydrogens (tertiary/aromatic N) is 2. The van der Waals surface area contributed by atoms with Crippen molar-refractivity contribution in [2.24, 2.45) is 5.10 Å². The first-order valence-electron chi connectivity index (χ1n) is 9.06. The van der Waals surface area contributed by atoms with E-state index in [0.717, 1.165) is 24.8 Å². The second-order valence-electron chi connectivity index (χ2n) is 6.26. The minimum Gasteiger partial charge on any atom is -0.546 e. The van der Waals surface area contributed by atoms with Crippen LogP contribution in [0.15, 0.2) is 29.4 Å². The number of likely N-dealkylation sites (tertiary alicyclic amines) is 1. The van der Waals surface area contributed by atoms with Gasteiger partial charge in [-0.15, -0.1) is 0 Å². The largest absolute Gasteiger partial charge is 0.546 e. The molecule has 1 aliphatic heterocycles. The van der Waals surface area contributed by atoms with Gasteiger partial charge in [0, 0.05) is 13.0 Å². The second-order valence-corrected chi connectivity index (χ2v) is 6.26. The van der Waals surface area contributed by atoms with Crippen LogP contribution in [0.25, 0.3) is 0 Å². The minimum atomic E-state index is -1.29. The third-order valence-corrected chi connectivity index (χ3v) is 4.20. The molecule has 1 heterocycles. The zero-order valence-corrected chi connectivity index (χ0v) is 15.4. The van der Waals surface area contributed by atoms with Crippen molar-refractivity contribution in [2.75, 3.05) is 19.7 Å². The summed E-state index contributed by atoms with van der Waals surface area (Å²) in [7, 11) is 0. The molecule has 1 aromatic carbocycles. The number of carboxylic acid groups (broad SMARTS) is 1. The van der Waals surface area contributed by atoms with Gasteiger partial charge < -0.3 is 19.5 Å². The highest BCUT2D eigenvalue weighted by molar-refractivity contribution is 6.01. The number of carbonyl (C=O) groups is 3. The quantitative estimate of drug-likeness (QED) is 0.524. The third-order valence-electron chi connectivity index (χ3n) is 4.20. The SMILES string of the molecule is CC/C(=N/NC(=O)CN1CCCCCC1=O)c1ccc(OCC(=O)[O-])cc1. The van der Waals surface area contributed by atoms with Gasteiger partial charge in [0.15, 0.2) is 0 Å². The lowest BCUT2D eigenvalue weighted by Gasteiger charge is -2.19. The number of benzene rings is 1. The first-order chi connectivity index (χ1) is 13.0. The van der Waals surface area contributed by atoms with Crippen molar-refractivity contribution in [3.63, 3.8) is 0 Å². The number of hydrogen-bond acceptors (Lipinski definition) is 6. The lowest BCUT2D eigenvalue weighted by atomic mass is 10.1. The molecule has 0 spiro atoms. The number of hydrogen-bond donors (Lipinski definition) is 1. The van der Waals surface area contributed by atoms with Crippen molar-refractivity contribution in [2.45, 2.75) is 39.0 Å². The van der Waals surface area contributed by atoms with Crippen LogP contribution in [0.5, 0.6) is 5.75 Å². The van der Waals surface area contributed by atoms with E-state index in [1.807, 2.05) is 6.92 Å². The topological polar surface area (TPSA) is 111 Å². The summed E-state index contributed by atoms with van der Waals surface area (Å²) in [5.74, 6) is -1.21. The van der Waals surface area contributed by atoms with Gasteiger partial charge in [0.1, 0.15) is 18.9 Å². The molecule has 2 amide bonds. The van der Waals surface area contributed by atoms with Gasteiger partial charge >= 0.3 is 0 Å². The van der Waals surface area contributed by atoms with E-state index in [-0.39, 0.29) is 18.4 Å². The fourth-order valence-electron chi connectivity index (χ4n) is 2.78. The van der Waals surface area contributed by atoms with Crippen LogP contribution in [-0.2, 0) is 14.4 Å². The average molecular weight is 374 g/mol. The predicted molar refractivity (Wildman–Crippen MR) is 97.0 cm³/mol. The Morgan fingerprint density at radius 3 is 2.63 bits per heavy atom. The highest BCUT2D eigenvalue weighted by Gasteiger charge is 2.19. The number of ether oxygens (including phenoxy) is 1. The van der Waals surface area contributed by atoms with Crippen LogP contribution >= 0.6 is 0 Å². The Balaban J connectivity index is 1.93. The van der Waals surface area contributed by atoms with E-state index in [2.05, 4.69) is 10.5 Å². The Kier molecular flexibility index (Phi) is 7.79. The summed E-state index contributed by atoms with van der Waals surface area (Å²) in [6, 6.07) is 6.72. The molecule has 0 radical (unpaired) electrons. The molecule has 0 bridgehead atoms. The normalized spacial score (nSPS) is 15.2. The van der Waals surface area contributed by atoms with Crippen LogP contribution in [0, 0.1) is 0 Å². The first-order valence-corrected chi connectivity index (χ1v) is 9.06. The molecule has 2 rings (SSSR count). The molecule has 0 aliphatic carbocycles. The predicted octanol–water partition coefficient (Wildman–Crippen LogP) is 0.448. The monoisotopic (exact) mass is 374 g/mol. The molecule has 8 heteroatoms. The maximum atomic E-state index is 12.1. The summed E-state index contributed by atoms with van der Waals surface area (Å²) >= 11 is 0. The van der Waals surface area contributed by atoms with E-state index < -0.39 is 12.6 Å². The molecule has 8 nitrogen and oxygen atoms in total. The summed E-state index contributed by atoms with van der Waals surface area (Å²) in [4.78, 5) is 36.1. The molecule has 1 aromatic rings. The van der Waals surface area contributed by atoms with Crippen LogP contribution < -0.4 is 15.3 Å². The van der Waals surface area contributed by atoms with Crippen molar-refractivity contribution in [1.82, 2.24) is 10.3 Å². The molecular formula is C19H24N3O5-. The number of amides is 2. The molecule has 27 heavy (non-hydrogen) atoms. The van der Waals surface area contributed by atoms with Gasteiger partial charge in [-0.1, -0.05) is 13.3 Å². The highest BCUT2D eigenvalue weighted by atomic mass is 16.5. The van der Waals surface area contributed by atoms with Gasteiger partial charge in [-0.05, 0) is 49.1 Å². The van der Waals surface area contributed by atoms with Crippen molar-refractivity contribution in [3.05, 3.63) is 29.8 Å². The van der Waals surface area contributed by atoms with Gasteiger partial charge in [-0.25, -0.2) is 5.43 Å². The van der Waals surface area contributed by atoms with Crippen LogP contribution in [0.2, 0.25) is 0 Å². The molecule has 1 saturated heterocycles. The maximum absolute atomic E-state index is 12.1. The van der Waals surface area contributed by atoms with E-state index in [1.54, 1.807) is 29.2 Å². The fourth-order valence-corrected chi connectivity index (χ4v) is 2.78. The van der Waals surface area contributed by atoms with Crippen molar-refractivity contribution in [3.8, 4) is 5.75 Å². The van der Waals surface area contributed by atoms with Gasteiger partial charge in [0.05, 0.1) is 11.7 Å². The van der Waals surface area contributed by atoms with Gasteiger partial charge in [0.2, 0.25) is 5.91 Å². The number of aliphatic carboxylic acids is 1. The van der Waals surface area contributed by atoms with E-state index in [9.17, 15) is 19.5 Å². The number of nitrogens with one attached hydrogen (secondary N) is 1. The van der Waals surface area contributed by atoms with Crippen LogP contribution in [0.4, 0.5) is 0 Å². The van der Waals surface area contributed by atoms with E-state index in [0.29, 0.717) is 30.8 Å². The molecule has 1 aliphatic rings. The van der Waals surface area contributed by atoms with Crippen molar-refractivity contribution in [1.29, 1.82) is 0 Å². The Hall–Kier alpha value is -2.90. The summed E-state index contributed by atoms with van der Waals surface area (Å²) in [6.45, 7) is 2.00. The van der Waals surface area contributed by atoms with Crippen molar-refractivity contribution >= 4 is 23.5 Å². The van der Waals surface area contributed by atoms with Crippen LogP contribution in [-0.4, -0.2) is 48.1 Å². The molecule has 0 saturated carbocycles. The Morgan fingerprint density at radius 2 is 1.96 bits per heavy atom. The average Bonchev–Trinajstić information content (AvgIpc) is 2.86. The lowest BCUT2D eigenvalue weighted by Crippen LogP contribution is -2.39. The smallest absolute Gasteiger partial charge is 0.259 e. The zero-order chi connectivity index (χ0) is 19.6. The van der Waals surface area contributed by atoms with Gasteiger partial charge in [0.25, 0.3) is 5.91 Å². The lowest BCUT2D eigenvalue weighted by molar-refractivity contribution is -0.307. The molecule has 0 atom stereocenters. The summed E-state index contributed by atoms with van der Waals surface area (Å²) < 4.78 is 5.03. The maximum Gasteiger partial charge on any atom is 0.259 e. The molecule has 146 valence electrons. The number of carbonyl (C=O) groups excluding carboxylic acids is 3. The summed E-state index contributed by atoms with van der Waals surface area (Å²) in [5, 5.41) is 14.6. The van der Waals surface area contributed by atoms with E-state index in [4.69, 9.17) is 4.74 Å². The number of carboxylic acids is 1. The molecular weight excluding hydrogens is 350 g/mol. The van der Waals surface area contributed by atoms with E-state index in [1.165, 1.54) is 0 Å². The first kappa shape index (κ1) is 20.4. The van der Waals surface area contributed by atoms with Gasteiger partial charge in [-0.2, -0.15) is 5.10 Å². The molecule has 1 fully saturated rings. The Labute approximate surface area is 158 Å². The molecule has 1 N–H and O–H groups in total. The van der Waals surface area contributed by atoms with E-state index >= 15 is 0 Å². The Bertz CT molecular complexity index is 700. The fraction of sp³-hybridized carbons (Fsp3) is 0.474. The summed E-state index contributed by atoms with van der Waals surface area (Å²) in [5.41, 5.74) is 3.96. The molecule has 0 aromatic heterocycles. The zero-order valence-electron chi connectivity index (χ0n) is 15.4. The van der Waals surface area contributed by atoms with Gasteiger partial charge in [-0.3, -0.25) is 9.59 Å². The Morgan fingerprint density at radius 1 is 1.22 bits per heavy atom.